The van der Waals surface area contributed by atoms with Crippen molar-refractivity contribution in [1.29, 1.82) is 0 Å². The number of amides is 2. The maximum atomic E-state index is 11.7. The van der Waals surface area contributed by atoms with Gasteiger partial charge in [0.2, 0.25) is 0 Å². The van der Waals surface area contributed by atoms with Crippen LogP contribution in [0.2, 0.25) is 0 Å². The average Bonchev–Trinajstić information content (AvgIpc) is 2.60. The average molecular weight is 431 g/mol. The number of nitrogens with zero attached hydrogens (tertiary/aromatic N) is 1. The summed E-state index contributed by atoms with van der Waals surface area (Å²) >= 11 is 3.44. The summed E-state index contributed by atoms with van der Waals surface area (Å²) in [5.41, 5.74) is 7.13. The van der Waals surface area contributed by atoms with E-state index in [0.717, 1.165) is 39.0 Å². The molecule has 2 aromatic carbocycles. The van der Waals surface area contributed by atoms with Crippen molar-refractivity contribution in [3.8, 4) is 0 Å². The summed E-state index contributed by atoms with van der Waals surface area (Å²) in [4.78, 5) is 23.2. The van der Waals surface area contributed by atoms with Crippen molar-refractivity contribution in [2.45, 2.75) is 27.2 Å². The lowest BCUT2D eigenvalue weighted by molar-refractivity contribution is -0.139. The molecule has 0 fully saturated rings. The van der Waals surface area contributed by atoms with E-state index >= 15 is 0 Å². The second kappa shape index (κ2) is 9.87. The molecule has 0 heterocycles. The molecule has 2 rings (SSSR count). The molecule has 0 aliphatic rings. The molecule has 0 unspecified atom stereocenters. The summed E-state index contributed by atoms with van der Waals surface area (Å²) in [7, 11) is 0. The Morgan fingerprint density at radius 3 is 2.44 bits per heavy atom. The minimum absolute atomic E-state index is 0.450. The molecular weight excluding hydrogens is 408 g/mol. The van der Waals surface area contributed by atoms with Crippen LogP contribution in [0, 0.1) is 13.8 Å². The molecule has 0 atom stereocenters. The third-order valence-electron chi connectivity index (χ3n) is 3.63. The second-order valence-electron chi connectivity index (χ2n) is 6.19. The molecule has 142 valence electrons. The summed E-state index contributed by atoms with van der Waals surface area (Å²) in [5.74, 6) is -1.49. The minimum Gasteiger partial charge on any atom is -0.355 e. The molecule has 0 radical (unpaired) electrons. The number of hydrazone groups is 1. The topological polar surface area (TPSA) is 82.6 Å². The number of hydrogen-bond donors (Lipinski definition) is 3. The highest BCUT2D eigenvalue weighted by Gasteiger charge is 2.11. The first-order chi connectivity index (χ1) is 12.9. The van der Waals surface area contributed by atoms with E-state index < -0.39 is 11.8 Å². The van der Waals surface area contributed by atoms with Gasteiger partial charge in [-0.25, -0.2) is 5.43 Å². The molecule has 0 aromatic heterocycles. The first kappa shape index (κ1) is 20.6. The van der Waals surface area contributed by atoms with Crippen molar-refractivity contribution in [2.75, 3.05) is 11.9 Å². The van der Waals surface area contributed by atoms with Gasteiger partial charge in [-0.1, -0.05) is 28.9 Å². The molecule has 2 amide bonds. The minimum atomic E-state index is -0.793. The molecule has 2 aromatic rings. The second-order valence-corrected chi connectivity index (χ2v) is 7.10. The highest BCUT2D eigenvalue weighted by Crippen LogP contribution is 2.24. The van der Waals surface area contributed by atoms with E-state index in [-0.39, 0.29) is 0 Å². The Labute approximate surface area is 167 Å². The fourth-order valence-electron chi connectivity index (χ4n) is 2.49. The molecule has 27 heavy (non-hydrogen) atoms. The summed E-state index contributed by atoms with van der Waals surface area (Å²) < 4.78 is 0.877. The van der Waals surface area contributed by atoms with E-state index in [4.69, 9.17) is 0 Å². The number of carbonyl (C=O) groups excluding carboxylic acids is 2. The zero-order valence-electron chi connectivity index (χ0n) is 15.6. The van der Waals surface area contributed by atoms with Gasteiger partial charge < -0.3 is 10.6 Å². The van der Waals surface area contributed by atoms with Gasteiger partial charge in [-0.2, -0.15) is 5.10 Å². The normalized spacial score (nSPS) is 10.7. The van der Waals surface area contributed by atoms with Crippen LogP contribution >= 0.6 is 15.9 Å². The predicted molar refractivity (Wildman–Crippen MR) is 112 cm³/mol. The standard InChI is InChI=1S/C20H23BrN4O2/c1-4-7-22-19(26)20(27)25-23-12-15-11-16(21)5-6-18(15)24-17-9-13(2)8-14(3)10-17/h5-6,8-12,24H,4,7H2,1-3H3,(H,22,26)(H,25,27)/b23-12-. The molecule has 6 nitrogen and oxygen atoms in total. The Hall–Kier alpha value is -2.67. The van der Waals surface area contributed by atoms with Gasteiger partial charge in [-0.3, -0.25) is 9.59 Å². The van der Waals surface area contributed by atoms with Gasteiger partial charge in [-0.05, 0) is 61.7 Å². The number of nitrogens with one attached hydrogen (secondary N) is 3. The van der Waals surface area contributed by atoms with Gasteiger partial charge in [-0.15, -0.1) is 0 Å². The van der Waals surface area contributed by atoms with Gasteiger partial charge in [0, 0.05) is 28.0 Å². The molecule has 7 heteroatoms. The molecule has 0 spiro atoms. The Morgan fingerprint density at radius 2 is 1.78 bits per heavy atom. The molecule has 0 aliphatic heterocycles. The Kier molecular flexibility index (Phi) is 7.55. The maximum absolute atomic E-state index is 11.7. The molecule has 0 saturated carbocycles. The lowest BCUT2D eigenvalue weighted by Crippen LogP contribution is -2.38. The summed E-state index contributed by atoms with van der Waals surface area (Å²) in [6.07, 6.45) is 2.26. The van der Waals surface area contributed by atoms with Crippen molar-refractivity contribution in [3.63, 3.8) is 0 Å². The van der Waals surface area contributed by atoms with Crippen LogP contribution in [0.3, 0.4) is 0 Å². The molecular formula is C20H23BrN4O2. The number of hydrogen-bond acceptors (Lipinski definition) is 4. The van der Waals surface area contributed by atoms with Crippen molar-refractivity contribution in [1.82, 2.24) is 10.7 Å². The first-order valence-corrected chi connectivity index (χ1v) is 9.44. The van der Waals surface area contributed by atoms with Crippen LogP contribution in [0.15, 0.2) is 46.0 Å². The zero-order chi connectivity index (χ0) is 19.8. The van der Waals surface area contributed by atoms with E-state index in [9.17, 15) is 9.59 Å². The lowest BCUT2D eigenvalue weighted by Gasteiger charge is -2.12. The number of aryl methyl sites for hydroxylation is 2. The van der Waals surface area contributed by atoms with Crippen molar-refractivity contribution in [2.24, 2.45) is 5.10 Å². The van der Waals surface area contributed by atoms with E-state index in [0.29, 0.717) is 6.54 Å². The van der Waals surface area contributed by atoms with E-state index in [1.54, 1.807) is 0 Å². The van der Waals surface area contributed by atoms with E-state index in [2.05, 4.69) is 55.3 Å². The van der Waals surface area contributed by atoms with Gasteiger partial charge in [0.25, 0.3) is 0 Å². The highest BCUT2D eigenvalue weighted by molar-refractivity contribution is 9.10. The predicted octanol–water partition coefficient (Wildman–Crippen LogP) is 3.79. The number of halogens is 1. The highest BCUT2D eigenvalue weighted by atomic mass is 79.9. The van der Waals surface area contributed by atoms with Gasteiger partial charge in [0.15, 0.2) is 0 Å². The number of carbonyl (C=O) groups is 2. The lowest BCUT2D eigenvalue weighted by atomic mass is 10.1. The molecule has 0 bridgehead atoms. The van der Waals surface area contributed by atoms with Crippen LogP contribution in [0.25, 0.3) is 0 Å². The summed E-state index contributed by atoms with van der Waals surface area (Å²) in [6, 6.07) is 11.9. The maximum Gasteiger partial charge on any atom is 0.329 e. The van der Waals surface area contributed by atoms with Crippen molar-refractivity contribution >= 4 is 45.3 Å². The fourth-order valence-corrected chi connectivity index (χ4v) is 2.87. The summed E-state index contributed by atoms with van der Waals surface area (Å²) in [5, 5.41) is 9.77. The van der Waals surface area contributed by atoms with Crippen LogP contribution in [-0.4, -0.2) is 24.6 Å². The summed E-state index contributed by atoms with van der Waals surface area (Å²) in [6.45, 7) is 6.45. The smallest absolute Gasteiger partial charge is 0.329 e. The first-order valence-electron chi connectivity index (χ1n) is 8.65. The van der Waals surface area contributed by atoms with Crippen LogP contribution in [0.1, 0.15) is 30.0 Å². The Bertz CT molecular complexity index is 845. The molecule has 0 aliphatic carbocycles. The third-order valence-corrected chi connectivity index (χ3v) is 4.12. The van der Waals surface area contributed by atoms with Gasteiger partial charge in [0.05, 0.1) is 6.21 Å². The van der Waals surface area contributed by atoms with Gasteiger partial charge in [0.1, 0.15) is 0 Å². The zero-order valence-corrected chi connectivity index (χ0v) is 17.2. The number of anilines is 2. The van der Waals surface area contributed by atoms with Crippen LogP contribution in [0.4, 0.5) is 11.4 Å². The SMILES string of the molecule is CCCNC(=O)C(=O)N/N=C\c1cc(Br)ccc1Nc1cc(C)cc(C)c1. The van der Waals surface area contributed by atoms with Crippen molar-refractivity contribution < 1.29 is 9.59 Å². The molecule has 3 N–H and O–H groups in total. The largest absolute Gasteiger partial charge is 0.355 e. The number of benzene rings is 2. The van der Waals surface area contributed by atoms with Crippen LogP contribution < -0.4 is 16.1 Å². The van der Waals surface area contributed by atoms with Gasteiger partial charge >= 0.3 is 11.8 Å². The Morgan fingerprint density at radius 1 is 1.07 bits per heavy atom. The monoisotopic (exact) mass is 430 g/mol. The Balaban J connectivity index is 2.13. The number of rotatable bonds is 6. The van der Waals surface area contributed by atoms with Crippen molar-refractivity contribution in [3.05, 3.63) is 57.6 Å². The van der Waals surface area contributed by atoms with E-state index in [1.807, 2.05) is 39.0 Å². The third kappa shape index (κ3) is 6.53. The van der Waals surface area contributed by atoms with Crippen LogP contribution in [0.5, 0.6) is 0 Å². The quantitative estimate of drug-likeness (QED) is 0.370. The molecule has 0 saturated heterocycles. The van der Waals surface area contributed by atoms with E-state index in [1.165, 1.54) is 6.21 Å². The fraction of sp³-hybridized carbons (Fsp3) is 0.250. The van der Waals surface area contributed by atoms with Crippen LogP contribution in [-0.2, 0) is 9.59 Å².